The minimum absolute atomic E-state index is 0.249. The summed E-state index contributed by atoms with van der Waals surface area (Å²) >= 11 is 0. The summed E-state index contributed by atoms with van der Waals surface area (Å²) in [5, 5.41) is 0. The number of ketones is 1. The van der Waals surface area contributed by atoms with Crippen molar-refractivity contribution in [3.05, 3.63) is 53.1 Å². The average molecular weight is 358 g/mol. The Morgan fingerprint density at radius 2 is 1.38 bits per heavy atom. The summed E-state index contributed by atoms with van der Waals surface area (Å²) in [6, 6.07) is 9.73. The molecule has 2 aromatic rings. The summed E-state index contributed by atoms with van der Waals surface area (Å²) < 4.78 is 20.9. The van der Waals surface area contributed by atoms with Crippen molar-refractivity contribution < 1.29 is 28.5 Å². The van der Waals surface area contributed by atoms with Crippen LogP contribution in [0.4, 0.5) is 0 Å². The number of carbonyl (C=O) groups excluding carboxylic acids is 2. The first-order valence-corrected chi connectivity index (χ1v) is 8.03. The Hall–Kier alpha value is -3.02. The molecule has 0 aliphatic heterocycles. The summed E-state index contributed by atoms with van der Waals surface area (Å²) in [4.78, 5) is 24.9. The Bertz CT molecular complexity index is 769. The van der Waals surface area contributed by atoms with E-state index in [4.69, 9.17) is 18.9 Å². The fourth-order valence-corrected chi connectivity index (χ4v) is 2.48. The fourth-order valence-electron chi connectivity index (χ4n) is 2.48. The minimum Gasteiger partial charge on any atom is -0.497 e. The van der Waals surface area contributed by atoms with E-state index in [1.165, 1.54) is 21.1 Å². The zero-order valence-electron chi connectivity index (χ0n) is 15.5. The number of hydrogen-bond donors (Lipinski definition) is 0. The third-order valence-corrected chi connectivity index (χ3v) is 4.02. The lowest BCUT2D eigenvalue weighted by Gasteiger charge is -2.15. The molecular weight excluding hydrogens is 336 g/mol. The second-order valence-electron chi connectivity index (χ2n) is 5.65. The first-order chi connectivity index (χ1) is 12.4. The second kappa shape index (κ2) is 8.38. The van der Waals surface area contributed by atoms with Crippen LogP contribution in [0.3, 0.4) is 0 Å². The number of ether oxygens (including phenoxy) is 4. The van der Waals surface area contributed by atoms with Crippen LogP contribution in [0.25, 0.3) is 0 Å². The van der Waals surface area contributed by atoms with Gasteiger partial charge in [-0.15, -0.1) is 0 Å². The molecule has 2 rings (SSSR count). The van der Waals surface area contributed by atoms with Gasteiger partial charge >= 0.3 is 5.97 Å². The highest BCUT2D eigenvalue weighted by molar-refractivity contribution is 6.01. The highest BCUT2D eigenvalue weighted by Gasteiger charge is 2.22. The Morgan fingerprint density at radius 1 is 0.846 bits per heavy atom. The number of methoxy groups -OCH3 is 3. The van der Waals surface area contributed by atoms with Crippen LogP contribution < -0.4 is 14.2 Å². The molecular formula is C20H22O6. The lowest BCUT2D eigenvalue weighted by atomic mass is 10.1. The predicted octanol–water partition coefficient (Wildman–Crippen LogP) is 3.45. The van der Waals surface area contributed by atoms with Gasteiger partial charge in [0.15, 0.2) is 6.10 Å². The molecule has 6 nitrogen and oxygen atoms in total. The molecule has 0 radical (unpaired) electrons. The van der Waals surface area contributed by atoms with Gasteiger partial charge in [-0.3, -0.25) is 4.79 Å². The molecule has 0 spiro atoms. The van der Waals surface area contributed by atoms with E-state index >= 15 is 0 Å². The van der Waals surface area contributed by atoms with Crippen LogP contribution in [0.1, 0.15) is 33.2 Å². The van der Waals surface area contributed by atoms with Crippen LogP contribution in [-0.4, -0.2) is 39.2 Å². The highest BCUT2D eigenvalue weighted by atomic mass is 16.5. The van der Waals surface area contributed by atoms with E-state index in [2.05, 4.69) is 0 Å². The molecule has 0 saturated heterocycles. The van der Waals surface area contributed by atoms with Gasteiger partial charge in [0.2, 0.25) is 5.78 Å². The largest absolute Gasteiger partial charge is 0.497 e. The molecule has 0 aliphatic carbocycles. The van der Waals surface area contributed by atoms with Gasteiger partial charge in [-0.05, 0) is 50.2 Å². The molecule has 0 aliphatic rings. The second-order valence-corrected chi connectivity index (χ2v) is 5.65. The van der Waals surface area contributed by atoms with Gasteiger partial charge in [0, 0.05) is 11.1 Å². The molecule has 2 aromatic carbocycles. The number of hydrogen-bond acceptors (Lipinski definition) is 6. The topological polar surface area (TPSA) is 71.1 Å². The van der Waals surface area contributed by atoms with Crippen LogP contribution in [0.15, 0.2) is 36.4 Å². The van der Waals surface area contributed by atoms with Gasteiger partial charge in [-0.25, -0.2) is 4.79 Å². The van der Waals surface area contributed by atoms with Crippen LogP contribution >= 0.6 is 0 Å². The Morgan fingerprint density at radius 3 is 1.85 bits per heavy atom. The van der Waals surface area contributed by atoms with Gasteiger partial charge in [0.25, 0.3) is 0 Å². The van der Waals surface area contributed by atoms with Gasteiger partial charge in [-0.1, -0.05) is 0 Å². The quantitative estimate of drug-likeness (QED) is 0.558. The van der Waals surface area contributed by atoms with Crippen LogP contribution in [-0.2, 0) is 4.74 Å². The molecule has 0 N–H and O–H groups in total. The average Bonchev–Trinajstić information content (AvgIpc) is 2.67. The van der Waals surface area contributed by atoms with Crippen molar-refractivity contribution in [1.29, 1.82) is 0 Å². The summed E-state index contributed by atoms with van der Waals surface area (Å²) in [5.41, 5.74) is 1.46. The monoisotopic (exact) mass is 358 g/mol. The van der Waals surface area contributed by atoms with Crippen molar-refractivity contribution in [1.82, 2.24) is 0 Å². The molecule has 0 aromatic heterocycles. The van der Waals surface area contributed by atoms with Crippen molar-refractivity contribution in [2.75, 3.05) is 21.3 Å². The Balaban J connectivity index is 2.16. The predicted molar refractivity (Wildman–Crippen MR) is 96.5 cm³/mol. The Kier molecular flexibility index (Phi) is 6.22. The van der Waals surface area contributed by atoms with E-state index < -0.39 is 12.1 Å². The molecule has 0 amide bonds. The van der Waals surface area contributed by atoms with E-state index in [-0.39, 0.29) is 11.3 Å². The van der Waals surface area contributed by atoms with E-state index in [1.807, 2.05) is 6.92 Å². The van der Waals surface area contributed by atoms with Crippen molar-refractivity contribution in [2.24, 2.45) is 0 Å². The van der Waals surface area contributed by atoms with Crippen molar-refractivity contribution in [2.45, 2.75) is 20.0 Å². The molecule has 1 atom stereocenters. The van der Waals surface area contributed by atoms with Gasteiger partial charge in [-0.2, -0.15) is 0 Å². The highest BCUT2D eigenvalue weighted by Crippen LogP contribution is 2.30. The molecule has 0 heterocycles. The number of benzene rings is 2. The number of Topliss-reactive ketones (excluding diaryl/α,β-unsaturated/α-hetero) is 1. The maximum atomic E-state index is 12.4. The van der Waals surface area contributed by atoms with E-state index in [0.29, 0.717) is 22.8 Å². The van der Waals surface area contributed by atoms with Crippen molar-refractivity contribution in [3.63, 3.8) is 0 Å². The summed E-state index contributed by atoms with van der Waals surface area (Å²) in [6.45, 7) is 3.36. The molecule has 0 saturated carbocycles. The molecule has 0 bridgehead atoms. The fraction of sp³-hybridized carbons (Fsp3) is 0.300. The third-order valence-electron chi connectivity index (χ3n) is 4.02. The van der Waals surface area contributed by atoms with Gasteiger partial charge < -0.3 is 18.9 Å². The van der Waals surface area contributed by atoms with Crippen molar-refractivity contribution >= 4 is 11.8 Å². The lowest BCUT2D eigenvalue weighted by molar-refractivity contribution is 0.0318. The third kappa shape index (κ3) is 4.14. The lowest BCUT2D eigenvalue weighted by Crippen LogP contribution is -2.24. The molecule has 0 fully saturated rings. The van der Waals surface area contributed by atoms with Crippen molar-refractivity contribution in [3.8, 4) is 17.2 Å². The van der Waals surface area contributed by atoms with E-state index in [1.54, 1.807) is 43.5 Å². The molecule has 6 heteroatoms. The first kappa shape index (κ1) is 19.3. The number of rotatable bonds is 7. The minimum atomic E-state index is -0.936. The maximum Gasteiger partial charge on any atom is 0.339 e. The van der Waals surface area contributed by atoms with Gasteiger partial charge in [0.05, 0.1) is 26.9 Å². The smallest absolute Gasteiger partial charge is 0.339 e. The first-order valence-electron chi connectivity index (χ1n) is 8.03. The van der Waals surface area contributed by atoms with Crippen LogP contribution in [0.2, 0.25) is 0 Å². The zero-order valence-corrected chi connectivity index (χ0v) is 15.5. The number of esters is 1. The molecule has 26 heavy (non-hydrogen) atoms. The SMILES string of the molecule is COc1ccc(C(=O)C(C)OC(=O)c2cc(OC)c(C)c(OC)c2)cc1. The summed E-state index contributed by atoms with van der Waals surface area (Å²) in [6.07, 6.45) is -0.936. The molecule has 138 valence electrons. The Labute approximate surface area is 152 Å². The summed E-state index contributed by atoms with van der Waals surface area (Å²) in [5.74, 6) is 0.726. The van der Waals surface area contributed by atoms with E-state index in [9.17, 15) is 9.59 Å². The maximum absolute atomic E-state index is 12.4. The van der Waals surface area contributed by atoms with E-state index in [0.717, 1.165) is 5.56 Å². The van der Waals surface area contributed by atoms with Crippen LogP contribution in [0.5, 0.6) is 17.2 Å². The van der Waals surface area contributed by atoms with Gasteiger partial charge in [0.1, 0.15) is 17.2 Å². The molecule has 1 unspecified atom stereocenters. The number of carbonyl (C=O) groups is 2. The zero-order chi connectivity index (χ0) is 19.3. The summed E-state index contributed by atoms with van der Waals surface area (Å²) in [7, 11) is 4.56. The standard InChI is InChI=1S/C20H22O6/c1-12-17(24-4)10-15(11-18(12)25-5)20(22)26-13(2)19(21)14-6-8-16(23-3)9-7-14/h6-11,13H,1-5H3. The van der Waals surface area contributed by atoms with Crippen LogP contribution in [0, 0.1) is 6.92 Å². The normalized spacial score (nSPS) is 11.4.